The number of thiazole rings is 1. The van der Waals surface area contributed by atoms with Crippen LogP contribution in [0, 0.1) is 13.8 Å². The minimum absolute atomic E-state index is 0.151. The molecule has 5 aromatic rings. The molecule has 38 heavy (non-hydrogen) atoms. The molecule has 3 heterocycles. The Labute approximate surface area is 222 Å². The Balaban J connectivity index is 1.56. The highest BCUT2D eigenvalue weighted by Crippen LogP contribution is 2.38. The van der Waals surface area contributed by atoms with Crippen molar-refractivity contribution in [3.63, 3.8) is 0 Å². The second-order valence-corrected chi connectivity index (χ2v) is 9.46. The Hall–Kier alpha value is -4.35. The summed E-state index contributed by atoms with van der Waals surface area (Å²) in [4.78, 5) is 36.9. The number of fused-ring (bicyclic) bond motifs is 2. The largest absolute Gasteiger partial charge is 0.480 e. The number of ether oxygens (including phenoxy) is 2. The molecule has 0 unspecified atom stereocenters. The van der Waals surface area contributed by atoms with E-state index in [0.717, 1.165) is 32.1 Å². The maximum atomic E-state index is 12.7. The van der Waals surface area contributed by atoms with Gasteiger partial charge in [-0.1, -0.05) is 0 Å². The van der Waals surface area contributed by atoms with Crippen molar-refractivity contribution in [1.29, 1.82) is 0 Å². The number of carbonyl (C=O) groups is 1. The van der Waals surface area contributed by atoms with Gasteiger partial charge in [0, 0.05) is 17.3 Å². The summed E-state index contributed by atoms with van der Waals surface area (Å²) >= 11 is 1.45. The Morgan fingerprint density at radius 2 is 1.89 bits per heavy atom. The molecule has 0 saturated carbocycles. The van der Waals surface area contributed by atoms with Gasteiger partial charge in [-0.05, 0) is 62.2 Å². The van der Waals surface area contributed by atoms with Crippen LogP contribution < -0.4 is 14.6 Å². The lowest BCUT2D eigenvalue weighted by Crippen LogP contribution is -2.35. The number of aliphatic hydroxyl groups excluding tert-OH is 1. The summed E-state index contributed by atoms with van der Waals surface area (Å²) in [5, 5.41) is 11.6. The number of pyridine rings is 1. The van der Waals surface area contributed by atoms with Gasteiger partial charge in [0.2, 0.25) is 5.88 Å². The van der Waals surface area contributed by atoms with Crippen LogP contribution in [0.3, 0.4) is 0 Å². The Morgan fingerprint density at radius 3 is 2.61 bits per heavy atom. The first-order valence-corrected chi connectivity index (χ1v) is 12.7. The molecule has 0 aliphatic rings. The summed E-state index contributed by atoms with van der Waals surface area (Å²) in [7, 11) is 1.53. The van der Waals surface area contributed by atoms with E-state index >= 15 is 0 Å². The normalized spacial score (nSPS) is 11.1. The second kappa shape index (κ2) is 10.6. The minimum atomic E-state index is -0.651. The molecule has 194 valence electrons. The van der Waals surface area contributed by atoms with Crippen LogP contribution in [0.1, 0.15) is 23.7 Å². The number of nitrogens with zero attached hydrogens (tertiary/aromatic N) is 5. The molecule has 0 spiro atoms. The van der Waals surface area contributed by atoms with Gasteiger partial charge < -0.3 is 19.4 Å². The van der Waals surface area contributed by atoms with Gasteiger partial charge >= 0.3 is 6.09 Å². The van der Waals surface area contributed by atoms with Gasteiger partial charge in [-0.25, -0.2) is 19.7 Å². The molecule has 2 aromatic carbocycles. The number of aliphatic hydroxyl groups is 1. The SMILES string of the molecule is CCOC(=O)N(Oc1cc(C)c2nc(-c3cc(CO)cc4nc(OC)cnc34)sc2c1)c1ccc(C)nc1. The maximum absolute atomic E-state index is 12.7. The average Bonchev–Trinajstić information content (AvgIpc) is 3.36. The van der Waals surface area contributed by atoms with Gasteiger partial charge in [-0.15, -0.1) is 16.4 Å². The number of hydroxylamine groups is 1. The molecule has 1 amide bonds. The van der Waals surface area contributed by atoms with Crippen molar-refractivity contribution in [3.05, 3.63) is 65.6 Å². The smallest absolute Gasteiger partial charge is 0.448 e. The van der Waals surface area contributed by atoms with Crippen molar-refractivity contribution in [1.82, 2.24) is 19.9 Å². The predicted molar refractivity (Wildman–Crippen MR) is 144 cm³/mol. The van der Waals surface area contributed by atoms with Gasteiger partial charge in [0.15, 0.2) is 5.75 Å². The monoisotopic (exact) mass is 531 g/mol. The number of carbonyl (C=O) groups excluding carboxylic acids is 1. The molecule has 3 aromatic heterocycles. The van der Waals surface area contributed by atoms with Gasteiger partial charge in [-0.3, -0.25) is 4.98 Å². The Kier molecular flexibility index (Phi) is 7.03. The van der Waals surface area contributed by atoms with E-state index in [1.54, 1.807) is 37.5 Å². The number of methoxy groups -OCH3 is 1. The molecule has 0 saturated heterocycles. The van der Waals surface area contributed by atoms with Crippen molar-refractivity contribution < 1.29 is 24.2 Å². The first-order valence-electron chi connectivity index (χ1n) is 11.8. The first kappa shape index (κ1) is 25.3. The molecule has 0 bridgehead atoms. The van der Waals surface area contributed by atoms with E-state index in [9.17, 15) is 9.90 Å². The van der Waals surface area contributed by atoms with Crippen molar-refractivity contribution in [2.45, 2.75) is 27.4 Å². The fourth-order valence-electron chi connectivity index (χ4n) is 3.91. The number of hydrogen-bond acceptors (Lipinski definition) is 10. The van der Waals surface area contributed by atoms with E-state index in [2.05, 4.69) is 15.0 Å². The predicted octanol–water partition coefficient (Wildman–Crippen LogP) is 5.38. The maximum Gasteiger partial charge on any atom is 0.448 e. The van der Waals surface area contributed by atoms with Crippen LogP contribution in [0.15, 0.2) is 48.8 Å². The van der Waals surface area contributed by atoms with E-state index < -0.39 is 6.09 Å². The van der Waals surface area contributed by atoms with Gasteiger partial charge in [0.25, 0.3) is 0 Å². The fraction of sp³-hybridized carbons (Fsp3) is 0.222. The zero-order chi connectivity index (χ0) is 26.8. The zero-order valence-electron chi connectivity index (χ0n) is 21.3. The van der Waals surface area contributed by atoms with Crippen molar-refractivity contribution in [2.24, 2.45) is 0 Å². The summed E-state index contributed by atoms with van der Waals surface area (Å²) in [6.45, 7) is 5.56. The molecule has 11 heteroatoms. The molecular weight excluding hydrogens is 506 g/mol. The Bertz CT molecular complexity index is 1630. The van der Waals surface area contributed by atoms with E-state index in [1.807, 2.05) is 32.0 Å². The first-order chi connectivity index (χ1) is 18.4. The molecule has 5 rings (SSSR count). The number of aromatic nitrogens is 4. The van der Waals surface area contributed by atoms with Gasteiger partial charge in [0.1, 0.15) is 10.7 Å². The third kappa shape index (κ3) is 4.93. The molecule has 0 fully saturated rings. The summed E-state index contributed by atoms with van der Waals surface area (Å²) in [5.74, 6) is 0.827. The van der Waals surface area contributed by atoms with E-state index in [1.165, 1.54) is 18.4 Å². The topological polar surface area (TPSA) is 120 Å². The summed E-state index contributed by atoms with van der Waals surface area (Å²) in [6.07, 6.45) is 2.46. The standard InChI is InChI=1S/C27H25N5O5S/c1-5-36-27(34)32(18-7-6-16(3)28-12-18)37-19-8-15(2)24-22(11-19)38-26(31-24)20-9-17(14-33)10-21-25(20)29-13-23(30-21)35-4/h6-13,33H,5,14H2,1-4H3. The van der Waals surface area contributed by atoms with Crippen LogP contribution in [-0.2, 0) is 11.3 Å². The number of anilines is 1. The number of hydrogen-bond donors (Lipinski definition) is 1. The quantitative estimate of drug-likeness (QED) is 0.276. The van der Waals surface area contributed by atoms with Crippen molar-refractivity contribution in [2.75, 3.05) is 18.8 Å². The highest BCUT2D eigenvalue weighted by molar-refractivity contribution is 7.21. The number of amides is 1. The average molecular weight is 532 g/mol. The number of rotatable bonds is 7. The van der Waals surface area contributed by atoms with Crippen LogP contribution in [0.4, 0.5) is 10.5 Å². The Morgan fingerprint density at radius 1 is 1.05 bits per heavy atom. The fourth-order valence-corrected chi connectivity index (χ4v) is 5.00. The third-order valence-corrected chi connectivity index (χ3v) is 6.76. The van der Waals surface area contributed by atoms with Gasteiger partial charge in [-0.2, -0.15) is 0 Å². The minimum Gasteiger partial charge on any atom is -0.480 e. The lowest BCUT2D eigenvalue weighted by Gasteiger charge is -2.21. The number of benzene rings is 2. The molecule has 0 radical (unpaired) electrons. The molecule has 0 aliphatic heterocycles. The van der Waals surface area contributed by atoms with E-state index in [0.29, 0.717) is 38.9 Å². The number of aryl methyl sites for hydroxylation is 2. The van der Waals surface area contributed by atoms with Crippen LogP contribution in [0.25, 0.3) is 31.8 Å². The molecule has 0 atom stereocenters. The molecule has 1 N–H and O–H groups in total. The van der Waals surface area contributed by atoms with Crippen molar-refractivity contribution >= 4 is 44.4 Å². The van der Waals surface area contributed by atoms with Crippen LogP contribution >= 0.6 is 11.3 Å². The van der Waals surface area contributed by atoms with E-state index in [4.69, 9.17) is 19.3 Å². The molecule has 10 nitrogen and oxygen atoms in total. The highest BCUT2D eigenvalue weighted by atomic mass is 32.1. The zero-order valence-corrected chi connectivity index (χ0v) is 22.1. The van der Waals surface area contributed by atoms with Crippen LogP contribution in [0.5, 0.6) is 11.6 Å². The summed E-state index contributed by atoms with van der Waals surface area (Å²) in [5.41, 5.74) is 5.60. The molecular formula is C27H25N5O5S. The van der Waals surface area contributed by atoms with Gasteiger partial charge in [0.05, 0.1) is 54.0 Å². The summed E-state index contributed by atoms with van der Waals surface area (Å²) < 4.78 is 11.3. The third-order valence-electron chi connectivity index (χ3n) is 5.73. The lowest BCUT2D eigenvalue weighted by atomic mass is 10.1. The second-order valence-electron chi connectivity index (χ2n) is 8.43. The summed E-state index contributed by atoms with van der Waals surface area (Å²) in [6, 6.07) is 10.8. The van der Waals surface area contributed by atoms with Crippen LogP contribution in [-0.4, -0.2) is 44.9 Å². The highest BCUT2D eigenvalue weighted by Gasteiger charge is 2.22. The lowest BCUT2D eigenvalue weighted by molar-refractivity contribution is 0.131. The van der Waals surface area contributed by atoms with Crippen LogP contribution in [0.2, 0.25) is 0 Å². The molecule has 0 aliphatic carbocycles. The van der Waals surface area contributed by atoms with Crippen molar-refractivity contribution in [3.8, 4) is 22.2 Å². The van der Waals surface area contributed by atoms with E-state index in [-0.39, 0.29) is 13.2 Å².